The third-order valence-electron chi connectivity index (χ3n) is 2.23. The summed E-state index contributed by atoms with van der Waals surface area (Å²) in [5.74, 6) is -4.84. The minimum absolute atomic E-state index is 0.219. The van der Waals surface area contributed by atoms with Crippen LogP contribution in [-0.2, 0) is 4.74 Å². The quantitative estimate of drug-likeness (QED) is 0.806. The van der Waals surface area contributed by atoms with Crippen LogP contribution in [0.2, 0.25) is 0 Å². The van der Waals surface area contributed by atoms with Gasteiger partial charge in [-0.2, -0.15) is 8.78 Å². The molecule has 1 unspecified atom stereocenters. The minimum atomic E-state index is -4.25. The molecular weight excluding hydrogens is 257 g/mol. The van der Waals surface area contributed by atoms with Crippen molar-refractivity contribution in [3.05, 3.63) is 35.6 Å². The van der Waals surface area contributed by atoms with Gasteiger partial charge in [-0.3, -0.25) is 0 Å². The molecule has 0 fully saturated rings. The smallest absolute Gasteiger partial charge is 0.330 e. The second kappa shape index (κ2) is 6.10. The largest absolute Gasteiger partial charge is 0.366 e. The Balaban J connectivity index is 2.69. The van der Waals surface area contributed by atoms with Crippen molar-refractivity contribution in [1.82, 2.24) is 0 Å². The molecule has 1 aromatic rings. The fourth-order valence-electron chi connectivity index (χ4n) is 1.28. The van der Waals surface area contributed by atoms with E-state index in [4.69, 9.17) is 5.73 Å². The highest BCUT2D eigenvalue weighted by Gasteiger charge is 2.41. The van der Waals surface area contributed by atoms with E-state index in [1.165, 1.54) is 12.1 Å². The van der Waals surface area contributed by atoms with Gasteiger partial charge in [-0.25, -0.2) is 13.2 Å². The van der Waals surface area contributed by atoms with E-state index in [0.29, 0.717) is 0 Å². The van der Waals surface area contributed by atoms with E-state index in [1.54, 1.807) is 0 Å². The molecule has 7 heteroatoms. The Bertz CT molecular complexity index is 385. The lowest BCUT2D eigenvalue weighted by atomic mass is 10.1. The molecule has 0 spiro atoms. The molecule has 2 nitrogen and oxygen atoms in total. The zero-order valence-corrected chi connectivity index (χ0v) is 9.25. The minimum Gasteiger partial charge on any atom is -0.366 e. The molecule has 0 aliphatic carbocycles. The molecule has 0 heterocycles. The zero-order chi connectivity index (χ0) is 13.8. The van der Waals surface area contributed by atoms with Crippen LogP contribution in [0, 0.1) is 5.82 Å². The summed E-state index contributed by atoms with van der Waals surface area (Å²) in [7, 11) is 0. The van der Waals surface area contributed by atoms with E-state index in [1.807, 2.05) is 0 Å². The molecule has 0 saturated carbocycles. The van der Waals surface area contributed by atoms with Crippen LogP contribution in [0.5, 0.6) is 0 Å². The van der Waals surface area contributed by atoms with E-state index in [-0.39, 0.29) is 12.1 Å². The molecule has 0 radical (unpaired) electrons. The first-order valence-electron chi connectivity index (χ1n) is 5.10. The number of benzene rings is 1. The first-order chi connectivity index (χ1) is 8.36. The number of hydrogen-bond acceptors (Lipinski definition) is 2. The van der Waals surface area contributed by atoms with Crippen LogP contribution in [0.4, 0.5) is 22.0 Å². The maximum atomic E-state index is 12.9. The Morgan fingerprint density at radius 1 is 1.28 bits per heavy atom. The predicted octanol–water partition coefficient (Wildman–Crippen LogP) is 2.74. The molecule has 0 amide bonds. The molecule has 102 valence electrons. The second-order valence-electron chi connectivity index (χ2n) is 3.65. The van der Waals surface area contributed by atoms with Crippen LogP contribution in [0.3, 0.4) is 0 Å². The van der Waals surface area contributed by atoms with E-state index in [9.17, 15) is 22.0 Å². The standard InChI is InChI=1S/C11H12F5NO/c12-8-3-1-2-7(4-8)9(5-17)18-6-11(15,16)10(13)14/h1-4,9-10H,5-6,17H2. The summed E-state index contributed by atoms with van der Waals surface area (Å²) in [6.45, 7) is -1.69. The van der Waals surface area contributed by atoms with E-state index in [2.05, 4.69) is 4.74 Å². The predicted molar refractivity (Wildman–Crippen MR) is 55.1 cm³/mol. The topological polar surface area (TPSA) is 35.2 Å². The van der Waals surface area contributed by atoms with Crippen molar-refractivity contribution in [2.75, 3.05) is 13.2 Å². The summed E-state index contributed by atoms with van der Waals surface area (Å²) in [5.41, 5.74) is 5.51. The second-order valence-corrected chi connectivity index (χ2v) is 3.65. The van der Waals surface area contributed by atoms with Crippen LogP contribution in [-0.4, -0.2) is 25.5 Å². The van der Waals surface area contributed by atoms with Crippen molar-refractivity contribution < 1.29 is 26.7 Å². The lowest BCUT2D eigenvalue weighted by Gasteiger charge is -2.21. The SMILES string of the molecule is NCC(OCC(F)(F)C(F)F)c1cccc(F)c1. The first kappa shape index (κ1) is 14.8. The van der Waals surface area contributed by atoms with Gasteiger partial charge in [-0.15, -0.1) is 0 Å². The average molecular weight is 269 g/mol. The van der Waals surface area contributed by atoms with Gasteiger partial charge in [0.15, 0.2) is 0 Å². The number of halogens is 5. The first-order valence-corrected chi connectivity index (χ1v) is 5.10. The summed E-state index contributed by atoms with van der Waals surface area (Å²) in [4.78, 5) is 0. The summed E-state index contributed by atoms with van der Waals surface area (Å²) >= 11 is 0. The van der Waals surface area contributed by atoms with Crippen LogP contribution >= 0.6 is 0 Å². The van der Waals surface area contributed by atoms with E-state index in [0.717, 1.165) is 12.1 Å². The average Bonchev–Trinajstić information content (AvgIpc) is 2.29. The normalized spacial score (nSPS) is 13.9. The van der Waals surface area contributed by atoms with Crippen molar-refractivity contribution in [3.8, 4) is 0 Å². The Morgan fingerprint density at radius 3 is 2.44 bits per heavy atom. The number of nitrogens with two attached hydrogens (primary N) is 1. The lowest BCUT2D eigenvalue weighted by molar-refractivity contribution is -0.175. The monoisotopic (exact) mass is 269 g/mol. The van der Waals surface area contributed by atoms with Crippen molar-refractivity contribution in [1.29, 1.82) is 0 Å². The Hall–Kier alpha value is -1.21. The highest BCUT2D eigenvalue weighted by Crippen LogP contribution is 2.26. The molecule has 18 heavy (non-hydrogen) atoms. The van der Waals surface area contributed by atoms with E-state index >= 15 is 0 Å². The van der Waals surface area contributed by atoms with Gasteiger partial charge in [-0.05, 0) is 17.7 Å². The zero-order valence-electron chi connectivity index (χ0n) is 9.25. The van der Waals surface area contributed by atoms with Gasteiger partial charge < -0.3 is 10.5 Å². The lowest BCUT2D eigenvalue weighted by Crippen LogP contribution is -2.34. The maximum Gasteiger partial charge on any atom is 0.330 e. The summed E-state index contributed by atoms with van der Waals surface area (Å²) in [6.07, 6.45) is -4.87. The van der Waals surface area contributed by atoms with Gasteiger partial charge in [-0.1, -0.05) is 12.1 Å². The molecule has 1 aromatic carbocycles. The maximum absolute atomic E-state index is 12.9. The van der Waals surface area contributed by atoms with Gasteiger partial charge in [0.25, 0.3) is 0 Å². The summed E-state index contributed by atoms with van der Waals surface area (Å²) < 4.78 is 66.7. The molecule has 1 rings (SSSR count). The van der Waals surface area contributed by atoms with Gasteiger partial charge in [0.1, 0.15) is 12.4 Å². The van der Waals surface area contributed by atoms with Crippen LogP contribution < -0.4 is 5.73 Å². The fourth-order valence-corrected chi connectivity index (χ4v) is 1.28. The van der Waals surface area contributed by atoms with Crippen molar-refractivity contribution >= 4 is 0 Å². The van der Waals surface area contributed by atoms with Crippen molar-refractivity contribution in [2.24, 2.45) is 5.73 Å². The molecule has 1 atom stereocenters. The Kier molecular flexibility index (Phi) is 5.03. The third-order valence-corrected chi connectivity index (χ3v) is 2.23. The van der Waals surface area contributed by atoms with E-state index < -0.39 is 30.9 Å². The summed E-state index contributed by atoms with van der Waals surface area (Å²) in [5, 5.41) is 0. The number of alkyl halides is 4. The van der Waals surface area contributed by atoms with Gasteiger partial charge in [0.05, 0.1) is 6.10 Å². The molecule has 0 aromatic heterocycles. The molecule has 0 aliphatic heterocycles. The summed E-state index contributed by atoms with van der Waals surface area (Å²) in [6, 6.07) is 4.98. The van der Waals surface area contributed by atoms with Crippen LogP contribution in [0.25, 0.3) is 0 Å². The Morgan fingerprint density at radius 2 is 1.94 bits per heavy atom. The van der Waals surface area contributed by atoms with Crippen molar-refractivity contribution in [2.45, 2.75) is 18.5 Å². The van der Waals surface area contributed by atoms with Gasteiger partial charge in [0, 0.05) is 6.54 Å². The Labute approximate surface area is 101 Å². The fraction of sp³-hybridized carbons (Fsp3) is 0.455. The third kappa shape index (κ3) is 3.92. The number of ether oxygens (including phenoxy) is 1. The molecule has 0 bridgehead atoms. The highest BCUT2D eigenvalue weighted by molar-refractivity contribution is 5.19. The molecule has 0 aliphatic rings. The van der Waals surface area contributed by atoms with Crippen LogP contribution in [0.15, 0.2) is 24.3 Å². The van der Waals surface area contributed by atoms with Gasteiger partial charge in [0.2, 0.25) is 0 Å². The number of hydrogen-bond donors (Lipinski definition) is 1. The highest BCUT2D eigenvalue weighted by atomic mass is 19.3. The van der Waals surface area contributed by atoms with Crippen molar-refractivity contribution in [3.63, 3.8) is 0 Å². The molecule has 0 saturated heterocycles. The molecular formula is C11H12F5NO. The van der Waals surface area contributed by atoms with Gasteiger partial charge >= 0.3 is 12.3 Å². The number of rotatable bonds is 6. The molecule has 2 N–H and O–H groups in total. The van der Waals surface area contributed by atoms with Crippen LogP contribution in [0.1, 0.15) is 11.7 Å².